The molecule has 5 heteroatoms. The number of carbonyl (C=O) groups is 1. The highest BCUT2D eigenvalue weighted by molar-refractivity contribution is 5.68. The van der Waals surface area contributed by atoms with Gasteiger partial charge in [0.05, 0.1) is 26.4 Å². The van der Waals surface area contributed by atoms with Gasteiger partial charge in [-0.25, -0.2) is 4.79 Å². The Labute approximate surface area is 95.6 Å². The van der Waals surface area contributed by atoms with E-state index in [1.807, 2.05) is 20.8 Å². The van der Waals surface area contributed by atoms with E-state index in [1.165, 1.54) is 0 Å². The summed E-state index contributed by atoms with van der Waals surface area (Å²) in [6.45, 7) is 8.53. The van der Waals surface area contributed by atoms with Crippen LogP contribution in [0.4, 0.5) is 4.79 Å². The van der Waals surface area contributed by atoms with Crippen LogP contribution in [-0.2, 0) is 14.2 Å². The number of carbonyl (C=O) groups excluding carboxylic acids is 1. The van der Waals surface area contributed by atoms with Crippen molar-refractivity contribution in [3.63, 3.8) is 0 Å². The molecule has 0 bridgehead atoms. The molecule has 92 valence electrons. The summed E-state index contributed by atoms with van der Waals surface area (Å²) in [5.74, 6) is 0. The van der Waals surface area contributed by atoms with E-state index >= 15 is 0 Å². The summed E-state index contributed by atoms with van der Waals surface area (Å²) in [5, 5.41) is 0. The van der Waals surface area contributed by atoms with Gasteiger partial charge in [0, 0.05) is 6.54 Å². The lowest BCUT2D eigenvalue weighted by molar-refractivity contribution is 0.0224. The molecule has 0 aliphatic carbocycles. The van der Waals surface area contributed by atoms with Gasteiger partial charge in [-0.2, -0.15) is 0 Å². The maximum absolute atomic E-state index is 11.9. The van der Waals surface area contributed by atoms with E-state index in [0.717, 1.165) is 0 Å². The summed E-state index contributed by atoms with van der Waals surface area (Å²) in [7, 11) is 0. The van der Waals surface area contributed by atoms with Crippen molar-refractivity contribution in [3.05, 3.63) is 0 Å². The van der Waals surface area contributed by atoms with E-state index in [4.69, 9.17) is 14.2 Å². The van der Waals surface area contributed by atoms with Gasteiger partial charge in [0.2, 0.25) is 0 Å². The Morgan fingerprint density at radius 2 is 2.06 bits per heavy atom. The Kier molecular flexibility index (Phi) is 2.84. The minimum atomic E-state index is -0.457. The maximum atomic E-state index is 11.9. The summed E-state index contributed by atoms with van der Waals surface area (Å²) in [6, 6.07) is 0. The second-order valence-electron chi connectivity index (χ2n) is 5.43. The molecule has 2 aliphatic rings. The molecule has 5 nitrogen and oxygen atoms in total. The van der Waals surface area contributed by atoms with Crippen molar-refractivity contribution in [2.24, 2.45) is 0 Å². The van der Waals surface area contributed by atoms with Crippen molar-refractivity contribution in [1.82, 2.24) is 4.90 Å². The molecule has 0 N–H and O–H groups in total. The third-order valence-electron chi connectivity index (χ3n) is 2.55. The minimum Gasteiger partial charge on any atom is -0.444 e. The van der Waals surface area contributed by atoms with Crippen molar-refractivity contribution in [2.75, 3.05) is 32.9 Å². The van der Waals surface area contributed by atoms with Crippen LogP contribution >= 0.6 is 0 Å². The Hall–Kier alpha value is -0.810. The number of rotatable bonds is 0. The van der Waals surface area contributed by atoms with Gasteiger partial charge >= 0.3 is 6.09 Å². The predicted octanol–water partition coefficient (Wildman–Crippen LogP) is 1.02. The molecule has 1 amide bonds. The first kappa shape index (κ1) is 11.7. The van der Waals surface area contributed by atoms with Crippen molar-refractivity contribution in [3.8, 4) is 0 Å². The second-order valence-corrected chi connectivity index (χ2v) is 5.43. The number of nitrogens with zero attached hydrogens (tertiary/aromatic N) is 1. The first-order valence-corrected chi connectivity index (χ1v) is 5.60. The lowest BCUT2D eigenvalue weighted by Crippen LogP contribution is -2.42. The van der Waals surface area contributed by atoms with Crippen molar-refractivity contribution in [1.29, 1.82) is 0 Å². The smallest absolute Gasteiger partial charge is 0.410 e. The zero-order valence-corrected chi connectivity index (χ0v) is 10.1. The fourth-order valence-electron chi connectivity index (χ4n) is 1.66. The van der Waals surface area contributed by atoms with Gasteiger partial charge in [-0.05, 0) is 20.8 Å². The van der Waals surface area contributed by atoms with Crippen molar-refractivity contribution >= 4 is 6.09 Å². The minimum absolute atomic E-state index is 0.257. The van der Waals surface area contributed by atoms with Crippen molar-refractivity contribution < 1.29 is 19.0 Å². The van der Waals surface area contributed by atoms with E-state index in [9.17, 15) is 4.79 Å². The Morgan fingerprint density at radius 3 is 2.62 bits per heavy atom. The van der Waals surface area contributed by atoms with E-state index in [2.05, 4.69) is 0 Å². The lowest BCUT2D eigenvalue weighted by atomic mass is 10.2. The molecular weight excluding hydrogens is 210 g/mol. The van der Waals surface area contributed by atoms with E-state index < -0.39 is 5.60 Å². The van der Waals surface area contributed by atoms with Gasteiger partial charge in [0.15, 0.2) is 0 Å². The van der Waals surface area contributed by atoms with Crippen LogP contribution in [0.25, 0.3) is 0 Å². The maximum Gasteiger partial charge on any atom is 0.410 e. The summed E-state index contributed by atoms with van der Waals surface area (Å²) in [5.41, 5.74) is -0.713. The molecule has 2 saturated heterocycles. The molecule has 2 fully saturated rings. The van der Waals surface area contributed by atoms with Gasteiger partial charge in [-0.15, -0.1) is 0 Å². The summed E-state index contributed by atoms with van der Waals surface area (Å²) in [6.07, 6.45) is -0.284. The van der Waals surface area contributed by atoms with Gasteiger partial charge in [-0.1, -0.05) is 0 Å². The fourth-order valence-corrected chi connectivity index (χ4v) is 1.66. The quantitative estimate of drug-likeness (QED) is 0.582. The molecule has 2 aliphatic heterocycles. The molecule has 2 heterocycles. The summed E-state index contributed by atoms with van der Waals surface area (Å²) >= 11 is 0. The van der Waals surface area contributed by atoms with Crippen molar-refractivity contribution in [2.45, 2.75) is 32.0 Å². The van der Waals surface area contributed by atoms with E-state index in [1.54, 1.807) is 4.90 Å². The lowest BCUT2D eigenvalue weighted by Gasteiger charge is -2.26. The molecule has 1 spiro atoms. The van der Waals surface area contributed by atoms with Gasteiger partial charge < -0.3 is 19.1 Å². The number of amides is 1. The van der Waals surface area contributed by atoms with Crippen LogP contribution in [0.3, 0.4) is 0 Å². The first-order chi connectivity index (χ1) is 7.40. The van der Waals surface area contributed by atoms with Crippen LogP contribution < -0.4 is 0 Å². The highest BCUT2D eigenvalue weighted by Gasteiger charge is 2.49. The van der Waals surface area contributed by atoms with Gasteiger partial charge in [0.1, 0.15) is 11.2 Å². The average Bonchev–Trinajstić information content (AvgIpc) is 2.91. The highest BCUT2D eigenvalue weighted by Crippen LogP contribution is 2.30. The highest BCUT2D eigenvalue weighted by atomic mass is 16.6. The topological polar surface area (TPSA) is 51.3 Å². The van der Waals surface area contributed by atoms with Gasteiger partial charge in [-0.3, -0.25) is 0 Å². The molecule has 0 aromatic carbocycles. The zero-order valence-electron chi connectivity index (χ0n) is 10.1. The number of hydrogen-bond acceptors (Lipinski definition) is 4. The van der Waals surface area contributed by atoms with Crippen LogP contribution in [0.15, 0.2) is 0 Å². The molecule has 16 heavy (non-hydrogen) atoms. The first-order valence-electron chi connectivity index (χ1n) is 5.60. The SMILES string of the molecule is CC(C)(C)OC(=O)N1CCOC[C@]2(CO2)C1. The average molecular weight is 229 g/mol. The molecule has 1 atom stereocenters. The summed E-state index contributed by atoms with van der Waals surface area (Å²) in [4.78, 5) is 13.5. The van der Waals surface area contributed by atoms with Crippen LogP contribution in [0, 0.1) is 0 Å². The molecule has 2 rings (SSSR count). The number of hydrogen-bond donors (Lipinski definition) is 0. The van der Waals surface area contributed by atoms with Crippen LogP contribution in [0.2, 0.25) is 0 Å². The Balaban J connectivity index is 1.94. The third-order valence-corrected chi connectivity index (χ3v) is 2.55. The Morgan fingerprint density at radius 1 is 1.38 bits per heavy atom. The second kappa shape index (κ2) is 3.89. The molecule has 0 unspecified atom stereocenters. The third kappa shape index (κ3) is 2.86. The number of ether oxygens (including phenoxy) is 3. The van der Waals surface area contributed by atoms with Crippen LogP contribution in [-0.4, -0.2) is 55.1 Å². The van der Waals surface area contributed by atoms with E-state index in [-0.39, 0.29) is 11.7 Å². The zero-order chi connectivity index (χ0) is 11.8. The largest absolute Gasteiger partial charge is 0.444 e. The predicted molar refractivity (Wildman–Crippen MR) is 57.3 cm³/mol. The fraction of sp³-hybridized carbons (Fsp3) is 0.909. The monoisotopic (exact) mass is 229 g/mol. The molecule has 0 aromatic rings. The standard InChI is InChI=1S/C11H19NO4/c1-10(2,3)16-9(13)12-4-5-14-7-11(6-12)8-15-11/h4-8H2,1-3H3/t11-/m0/s1. The van der Waals surface area contributed by atoms with Crippen LogP contribution in [0.1, 0.15) is 20.8 Å². The van der Waals surface area contributed by atoms with Gasteiger partial charge in [0.25, 0.3) is 0 Å². The molecule has 0 aromatic heterocycles. The molecule has 0 radical (unpaired) electrons. The number of epoxide rings is 1. The van der Waals surface area contributed by atoms with E-state index in [0.29, 0.717) is 32.9 Å². The normalized spacial score (nSPS) is 30.1. The molecule has 0 saturated carbocycles. The molecular formula is C11H19NO4. The Bertz CT molecular complexity index is 280. The summed E-state index contributed by atoms with van der Waals surface area (Å²) < 4.78 is 16.1. The van der Waals surface area contributed by atoms with Crippen LogP contribution in [0.5, 0.6) is 0 Å².